The van der Waals surface area contributed by atoms with E-state index in [2.05, 4.69) is 10.3 Å². The lowest BCUT2D eigenvalue weighted by Crippen LogP contribution is -2.06. The highest BCUT2D eigenvalue weighted by molar-refractivity contribution is 5.92. The molecule has 0 aromatic heterocycles. The number of carbonyl (C=O) groups excluding carboxylic acids is 1. The second kappa shape index (κ2) is 2.64. The van der Waals surface area contributed by atoms with Crippen molar-refractivity contribution >= 4 is 17.8 Å². The van der Waals surface area contributed by atoms with Crippen molar-refractivity contribution in [2.24, 2.45) is 4.99 Å². The molecule has 0 amide bonds. The van der Waals surface area contributed by atoms with E-state index in [4.69, 9.17) is 0 Å². The summed E-state index contributed by atoms with van der Waals surface area (Å²) < 4.78 is 0. The van der Waals surface area contributed by atoms with Gasteiger partial charge in [0.1, 0.15) is 0 Å². The first-order valence-electron chi connectivity index (χ1n) is 3.55. The first-order valence-corrected chi connectivity index (χ1v) is 3.55. The predicted octanol–water partition coefficient (Wildman–Crippen LogP) is 1.20. The van der Waals surface area contributed by atoms with E-state index in [-0.39, 0.29) is 5.82 Å². The summed E-state index contributed by atoms with van der Waals surface area (Å²) >= 11 is 0. The third-order valence-corrected chi connectivity index (χ3v) is 1.64. The van der Waals surface area contributed by atoms with Crippen molar-refractivity contribution in [3.8, 4) is 0 Å². The minimum absolute atomic E-state index is 0.230. The van der Waals surface area contributed by atoms with E-state index in [1.165, 1.54) is 0 Å². The van der Waals surface area contributed by atoms with Crippen molar-refractivity contribution < 1.29 is 4.79 Å². The van der Waals surface area contributed by atoms with Gasteiger partial charge >= 0.3 is 0 Å². The van der Waals surface area contributed by atoms with E-state index in [9.17, 15) is 4.79 Å². The van der Waals surface area contributed by atoms with E-state index in [1.807, 2.05) is 24.3 Å². The van der Waals surface area contributed by atoms with Crippen molar-refractivity contribution in [1.29, 1.82) is 0 Å². The number of hydrogen-bond acceptors (Lipinski definition) is 3. The normalized spacial score (nSPS) is 13.2. The minimum Gasteiger partial charge on any atom is -0.330 e. The van der Waals surface area contributed by atoms with E-state index >= 15 is 0 Å². The van der Waals surface area contributed by atoms with Crippen LogP contribution in [0.15, 0.2) is 35.1 Å². The molecule has 2 rings (SSSR count). The molecule has 1 aliphatic rings. The fraction of sp³-hybridized carbons (Fsp3) is 0. The first-order chi connectivity index (χ1) is 5.90. The Hall–Kier alpha value is -1.86. The van der Waals surface area contributed by atoms with Gasteiger partial charge in [-0.15, -0.1) is 0 Å². The highest BCUT2D eigenvalue weighted by Crippen LogP contribution is 2.18. The van der Waals surface area contributed by atoms with Gasteiger partial charge in [-0.25, -0.2) is 9.79 Å². The van der Waals surface area contributed by atoms with Crippen LogP contribution in [-0.4, -0.2) is 12.2 Å². The Morgan fingerprint density at radius 3 is 3.00 bits per heavy atom. The number of para-hydroxylation sites is 1. The monoisotopic (exact) mass is 158 g/mol. The third-order valence-electron chi connectivity index (χ3n) is 1.64. The van der Waals surface area contributed by atoms with Gasteiger partial charge in [0.25, 0.3) is 0 Å². The van der Waals surface area contributed by atoms with E-state index in [0.717, 1.165) is 11.3 Å². The first kappa shape index (κ1) is 6.83. The molecule has 3 heteroatoms. The van der Waals surface area contributed by atoms with E-state index in [1.54, 1.807) is 12.2 Å². The zero-order valence-electron chi connectivity index (χ0n) is 6.24. The second-order valence-electron chi connectivity index (χ2n) is 2.42. The Kier molecular flexibility index (Phi) is 1.50. The molecule has 1 aliphatic heterocycles. The zero-order chi connectivity index (χ0) is 8.39. The lowest BCUT2D eigenvalue weighted by molar-refractivity contribution is 0.567. The zero-order valence-corrected chi connectivity index (χ0v) is 6.24. The molecule has 1 aromatic rings. The average molecular weight is 158 g/mol. The summed E-state index contributed by atoms with van der Waals surface area (Å²) in [5.41, 5.74) is 1.88. The van der Waals surface area contributed by atoms with Gasteiger partial charge in [0.2, 0.25) is 5.82 Å². The number of anilines is 1. The standard InChI is InChI=1S/C9H6N2O/c12-6-9-10-5-7-3-1-2-4-8(7)11-9/h1-5,11H. The molecule has 0 radical (unpaired) electrons. The fourth-order valence-corrected chi connectivity index (χ4v) is 1.07. The molecule has 3 nitrogen and oxygen atoms in total. The molecule has 1 N–H and O–H groups in total. The molecule has 0 fully saturated rings. The molecular formula is C9H6N2O. The van der Waals surface area contributed by atoms with Gasteiger partial charge < -0.3 is 5.32 Å². The van der Waals surface area contributed by atoms with Crippen molar-refractivity contribution in [1.82, 2.24) is 0 Å². The van der Waals surface area contributed by atoms with Crippen LogP contribution in [0.3, 0.4) is 0 Å². The van der Waals surface area contributed by atoms with Crippen molar-refractivity contribution in [3.63, 3.8) is 0 Å². The van der Waals surface area contributed by atoms with E-state index < -0.39 is 0 Å². The molecule has 0 aliphatic carbocycles. The van der Waals surface area contributed by atoms with Crippen LogP contribution < -0.4 is 5.32 Å². The Labute approximate surface area is 69.4 Å². The Bertz CT molecular complexity index is 389. The summed E-state index contributed by atoms with van der Waals surface area (Å²) in [4.78, 5) is 14.1. The van der Waals surface area contributed by atoms with Gasteiger partial charge in [-0.2, -0.15) is 0 Å². The highest BCUT2D eigenvalue weighted by Gasteiger charge is 2.06. The molecule has 0 saturated heterocycles. The smallest absolute Gasteiger partial charge is 0.217 e. The summed E-state index contributed by atoms with van der Waals surface area (Å²) in [5.74, 6) is 1.93. The van der Waals surface area contributed by atoms with Crippen LogP contribution in [0.2, 0.25) is 0 Å². The fourth-order valence-electron chi connectivity index (χ4n) is 1.07. The van der Waals surface area contributed by atoms with Crippen LogP contribution in [-0.2, 0) is 4.79 Å². The van der Waals surface area contributed by atoms with Crippen LogP contribution in [0, 0.1) is 0 Å². The highest BCUT2D eigenvalue weighted by atomic mass is 16.1. The lowest BCUT2D eigenvalue weighted by atomic mass is 10.2. The average Bonchev–Trinajstić information content (AvgIpc) is 2.17. The van der Waals surface area contributed by atoms with Crippen LogP contribution in [0.5, 0.6) is 0 Å². The quantitative estimate of drug-likeness (QED) is 0.576. The molecule has 58 valence electrons. The maximum Gasteiger partial charge on any atom is 0.217 e. The molecule has 1 heterocycles. The SMILES string of the molecule is O=C=C1N=Cc2ccccc2N1. The van der Waals surface area contributed by atoms with E-state index in [0.29, 0.717) is 0 Å². The van der Waals surface area contributed by atoms with Gasteiger partial charge in [0.05, 0.1) is 0 Å². The van der Waals surface area contributed by atoms with Gasteiger partial charge in [-0.1, -0.05) is 18.2 Å². The molecule has 0 bridgehead atoms. The van der Waals surface area contributed by atoms with Crippen LogP contribution in [0.1, 0.15) is 5.56 Å². The van der Waals surface area contributed by atoms with Gasteiger partial charge in [-0.3, -0.25) is 0 Å². The number of benzene rings is 1. The lowest BCUT2D eigenvalue weighted by Gasteiger charge is -2.10. The largest absolute Gasteiger partial charge is 0.330 e. The summed E-state index contributed by atoms with van der Waals surface area (Å²) in [7, 11) is 0. The molecular weight excluding hydrogens is 152 g/mol. The third kappa shape index (κ3) is 1.02. The molecule has 0 unspecified atom stereocenters. The van der Waals surface area contributed by atoms with Crippen LogP contribution in [0.25, 0.3) is 0 Å². The molecule has 1 aromatic carbocycles. The van der Waals surface area contributed by atoms with Crippen LogP contribution >= 0.6 is 0 Å². The summed E-state index contributed by atoms with van der Waals surface area (Å²) in [6.45, 7) is 0. The van der Waals surface area contributed by atoms with Crippen LogP contribution in [0.4, 0.5) is 5.69 Å². The number of hydrogen-bond donors (Lipinski definition) is 1. The Balaban J connectivity index is 2.52. The number of nitrogens with one attached hydrogen (secondary N) is 1. The van der Waals surface area contributed by atoms with Gasteiger partial charge in [0.15, 0.2) is 5.94 Å². The second-order valence-corrected chi connectivity index (χ2v) is 2.42. The molecule has 12 heavy (non-hydrogen) atoms. The van der Waals surface area contributed by atoms with Crippen molar-refractivity contribution in [2.45, 2.75) is 0 Å². The maximum atomic E-state index is 10.2. The molecule has 0 atom stereocenters. The minimum atomic E-state index is 0.230. The Morgan fingerprint density at radius 1 is 1.33 bits per heavy atom. The number of fused-ring (bicyclic) bond motifs is 1. The van der Waals surface area contributed by atoms with Gasteiger partial charge in [0, 0.05) is 17.5 Å². The molecule has 0 saturated carbocycles. The molecule has 0 spiro atoms. The predicted molar refractivity (Wildman–Crippen MR) is 46.9 cm³/mol. The summed E-state index contributed by atoms with van der Waals surface area (Å²) in [5, 5.41) is 2.84. The Morgan fingerprint density at radius 2 is 2.17 bits per heavy atom. The topological polar surface area (TPSA) is 41.5 Å². The number of rotatable bonds is 0. The van der Waals surface area contributed by atoms with Crippen molar-refractivity contribution in [3.05, 3.63) is 35.6 Å². The maximum absolute atomic E-state index is 10.2. The summed E-state index contributed by atoms with van der Waals surface area (Å²) in [6.07, 6.45) is 1.64. The van der Waals surface area contributed by atoms with Crippen molar-refractivity contribution in [2.75, 3.05) is 5.32 Å². The number of aliphatic imine (C=N–C) groups is 1. The number of nitrogens with zero attached hydrogens (tertiary/aromatic N) is 1. The van der Waals surface area contributed by atoms with Gasteiger partial charge in [-0.05, 0) is 6.07 Å². The summed E-state index contributed by atoms with van der Waals surface area (Å²) in [6, 6.07) is 7.63.